The first-order chi connectivity index (χ1) is 9.13. The Bertz CT molecular complexity index is 504. The van der Waals surface area contributed by atoms with Crippen molar-refractivity contribution in [1.29, 1.82) is 0 Å². The summed E-state index contributed by atoms with van der Waals surface area (Å²) in [7, 11) is 0. The van der Waals surface area contributed by atoms with Gasteiger partial charge in [-0.3, -0.25) is 9.69 Å². The fourth-order valence-corrected chi connectivity index (χ4v) is 3.03. The zero-order valence-corrected chi connectivity index (χ0v) is 12.3. The second kappa shape index (κ2) is 5.35. The fourth-order valence-electron chi connectivity index (χ4n) is 2.63. The zero-order chi connectivity index (χ0) is 13.4. The van der Waals surface area contributed by atoms with Crippen molar-refractivity contribution in [3.63, 3.8) is 0 Å². The molecule has 0 spiro atoms. The highest BCUT2D eigenvalue weighted by Gasteiger charge is 2.34. The van der Waals surface area contributed by atoms with Crippen LogP contribution in [-0.2, 0) is 0 Å². The molecule has 102 valence electrons. The lowest BCUT2D eigenvalue weighted by molar-refractivity contribution is 0.0937. The first-order valence-electron chi connectivity index (χ1n) is 6.67. The lowest BCUT2D eigenvalue weighted by Crippen LogP contribution is -2.37. The Hall–Kier alpha value is -0.710. The van der Waals surface area contributed by atoms with Crippen LogP contribution in [0.2, 0.25) is 5.02 Å². The molecular formula is C14H17ClN2OS. The minimum Gasteiger partial charge on any atom is -0.348 e. The average molecular weight is 297 g/mol. The SMILES string of the molecule is O=C(NC1CCN(C2CC2)C1)c1cc(S)ccc1Cl. The molecule has 5 heteroatoms. The van der Waals surface area contributed by atoms with Gasteiger partial charge in [0.15, 0.2) is 0 Å². The largest absolute Gasteiger partial charge is 0.348 e. The van der Waals surface area contributed by atoms with Crippen molar-refractivity contribution in [2.24, 2.45) is 0 Å². The van der Waals surface area contributed by atoms with Crippen LogP contribution in [0.5, 0.6) is 0 Å². The van der Waals surface area contributed by atoms with Crippen LogP contribution >= 0.6 is 24.2 Å². The minimum atomic E-state index is -0.0939. The van der Waals surface area contributed by atoms with Gasteiger partial charge in [0.1, 0.15) is 0 Å². The molecule has 1 heterocycles. The number of nitrogens with zero attached hydrogens (tertiary/aromatic N) is 1. The van der Waals surface area contributed by atoms with E-state index in [9.17, 15) is 4.79 Å². The lowest BCUT2D eigenvalue weighted by atomic mass is 10.2. The quantitative estimate of drug-likeness (QED) is 0.841. The molecule has 3 rings (SSSR count). The van der Waals surface area contributed by atoms with Crippen molar-refractivity contribution >= 4 is 30.1 Å². The van der Waals surface area contributed by atoms with Gasteiger partial charge < -0.3 is 5.32 Å². The van der Waals surface area contributed by atoms with Crippen LogP contribution in [-0.4, -0.2) is 36.0 Å². The topological polar surface area (TPSA) is 32.3 Å². The van der Waals surface area contributed by atoms with Crippen LogP contribution < -0.4 is 5.32 Å². The van der Waals surface area contributed by atoms with Gasteiger partial charge in [-0.15, -0.1) is 12.6 Å². The van der Waals surface area contributed by atoms with E-state index >= 15 is 0 Å². The standard InChI is InChI=1S/C14H17ClN2OS/c15-13-4-3-11(19)7-12(13)14(18)16-9-5-6-17(8-9)10-1-2-10/h3-4,7,9-10,19H,1-2,5-6,8H2,(H,16,18). The smallest absolute Gasteiger partial charge is 0.253 e. The molecule has 0 radical (unpaired) electrons. The van der Waals surface area contributed by atoms with Crippen LogP contribution in [0.4, 0.5) is 0 Å². The molecule has 1 aromatic carbocycles. The number of nitrogens with one attached hydrogen (secondary N) is 1. The van der Waals surface area contributed by atoms with E-state index in [1.165, 1.54) is 12.8 Å². The average Bonchev–Trinajstić information content (AvgIpc) is 3.13. The van der Waals surface area contributed by atoms with E-state index in [0.29, 0.717) is 10.6 Å². The molecule has 1 aliphatic carbocycles. The Morgan fingerprint density at radius 2 is 2.16 bits per heavy atom. The number of hydrogen-bond acceptors (Lipinski definition) is 3. The molecule has 1 saturated carbocycles. The van der Waals surface area contributed by atoms with Gasteiger partial charge in [0.05, 0.1) is 10.6 Å². The highest BCUT2D eigenvalue weighted by molar-refractivity contribution is 7.80. The number of amides is 1. The fraction of sp³-hybridized carbons (Fsp3) is 0.500. The van der Waals surface area contributed by atoms with E-state index in [1.54, 1.807) is 18.2 Å². The number of likely N-dealkylation sites (tertiary alicyclic amines) is 1. The number of thiol groups is 1. The van der Waals surface area contributed by atoms with Gasteiger partial charge in [0.25, 0.3) is 5.91 Å². The highest BCUT2D eigenvalue weighted by atomic mass is 35.5. The molecule has 3 nitrogen and oxygen atoms in total. The zero-order valence-electron chi connectivity index (χ0n) is 10.6. The van der Waals surface area contributed by atoms with E-state index in [0.717, 1.165) is 30.4 Å². The summed E-state index contributed by atoms with van der Waals surface area (Å²) < 4.78 is 0. The van der Waals surface area contributed by atoms with Crippen molar-refractivity contribution in [2.75, 3.05) is 13.1 Å². The maximum absolute atomic E-state index is 12.2. The summed E-state index contributed by atoms with van der Waals surface area (Å²) >= 11 is 10.3. The van der Waals surface area contributed by atoms with Gasteiger partial charge in [0.2, 0.25) is 0 Å². The van der Waals surface area contributed by atoms with Crippen molar-refractivity contribution in [2.45, 2.75) is 36.2 Å². The maximum atomic E-state index is 12.2. The summed E-state index contributed by atoms with van der Waals surface area (Å²) in [5.74, 6) is -0.0939. The lowest BCUT2D eigenvalue weighted by Gasteiger charge is -2.16. The number of rotatable bonds is 3. The molecule has 1 amide bonds. The molecule has 1 saturated heterocycles. The molecule has 1 aliphatic heterocycles. The first-order valence-corrected chi connectivity index (χ1v) is 7.49. The third kappa shape index (κ3) is 3.07. The minimum absolute atomic E-state index is 0.0939. The Kier molecular flexibility index (Phi) is 3.74. The number of benzene rings is 1. The van der Waals surface area contributed by atoms with Crippen molar-refractivity contribution < 1.29 is 4.79 Å². The van der Waals surface area contributed by atoms with Gasteiger partial charge in [-0.1, -0.05) is 11.6 Å². The predicted molar refractivity (Wildman–Crippen MR) is 79.2 cm³/mol. The van der Waals surface area contributed by atoms with E-state index in [1.807, 2.05) is 0 Å². The third-order valence-electron chi connectivity index (χ3n) is 3.81. The van der Waals surface area contributed by atoms with Crippen LogP contribution in [0.15, 0.2) is 23.1 Å². The predicted octanol–water partition coefficient (Wildman–Crippen LogP) is 2.60. The molecule has 19 heavy (non-hydrogen) atoms. The van der Waals surface area contributed by atoms with Gasteiger partial charge in [-0.2, -0.15) is 0 Å². The van der Waals surface area contributed by atoms with Crippen molar-refractivity contribution in [3.8, 4) is 0 Å². The maximum Gasteiger partial charge on any atom is 0.253 e. The molecule has 0 aromatic heterocycles. The highest BCUT2D eigenvalue weighted by Crippen LogP contribution is 2.30. The number of halogens is 1. The summed E-state index contributed by atoms with van der Waals surface area (Å²) in [4.78, 5) is 15.4. The second-order valence-electron chi connectivity index (χ2n) is 5.35. The van der Waals surface area contributed by atoms with E-state index < -0.39 is 0 Å². The summed E-state index contributed by atoms with van der Waals surface area (Å²) in [5.41, 5.74) is 0.513. The number of hydrogen-bond donors (Lipinski definition) is 2. The molecular weight excluding hydrogens is 280 g/mol. The summed E-state index contributed by atoms with van der Waals surface area (Å²) in [6.45, 7) is 2.06. The summed E-state index contributed by atoms with van der Waals surface area (Å²) in [6.07, 6.45) is 3.66. The van der Waals surface area contributed by atoms with Crippen LogP contribution in [0.1, 0.15) is 29.6 Å². The number of carbonyl (C=O) groups excluding carboxylic acids is 1. The summed E-state index contributed by atoms with van der Waals surface area (Å²) in [5, 5.41) is 3.56. The Morgan fingerprint density at radius 3 is 2.89 bits per heavy atom. The molecule has 1 aromatic rings. The molecule has 2 aliphatic rings. The van der Waals surface area contributed by atoms with Gasteiger partial charge in [-0.25, -0.2) is 0 Å². The molecule has 2 fully saturated rings. The summed E-state index contributed by atoms with van der Waals surface area (Å²) in [6, 6.07) is 6.23. The normalized spacial score (nSPS) is 23.6. The third-order valence-corrected chi connectivity index (χ3v) is 4.42. The Balaban J connectivity index is 1.63. The monoisotopic (exact) mass is 296 g/mol. The van der Waals surface area contributed by atoms with E-state index in [2.05, 4.69) is 22.8 Å². The van der Waals surface area contributed by atoms with E-state index in [-0.39, 0.29) is 11.9 Å². The van der Waals surface area contributed by atoms with Crippen LogP contribution in [0.3, 0.4) is 0 Å². The van der Waals surface area contributed by atoms with Gasteiger partial charge >= 0.3 is 0 Å². The molecule has 1 N–H and O–H groups in total. The van der Waals surface area contributed by atoms with Crippen molar-refractivity contribution in [3.05, 3.63) is 28.8 Å². The molecule has 1 unspecified atom stereocenters. The van der Waals surface area contributed by atoms with Crippen molar-refractivity contribution in [1.82, 2.24) is 10.2 Å². The molecule has 0 bridgehead atoms. The number of carbonyl (C=O) groups is 1. The van der Waals surface area contributed by atoms with E-state index in [4.69, 9.17) is 11.6 Å². The van der Waals surface area contributed by atoms with Crippen LogP contribution in [0.25, 0.3) is 0 Å². The van der Waals surface area contributed by atoms with Crippen LogP contribution in [0, 0.1) is 0 Å². The molecule has 1 atom stereocenters. The van der Waals surface area contributed by atoms with Gasteiger partial charge in [0, 0.05) is 30.1 Å². The first kappa shape index (κ1) is 13.3. The second-order valence-corrected chi connectivity index (χ2v) is 6.27. The van der Waals surface area contributed by atoms with Gasteiger partial charge in [-0.05, 0) is 37.5 Å². The Labute approximate surface area is 123 Å². The Morgan fingerprint density at radius 1 is 1.37 bits per heavy atom.